The lowest BCUT2D eigenvalue weighted by atomic mass is 10.1. The van der Waals surface area contributed by atoms with Crippen LogP contribution < -0.4 is 0 Å². The Labute approximate surface area is 115 Å². The van der Waals surface area contributed by atoms with Gasteiger partial charge in [-0.1, -0.05) is 25.7 Å². The molecule has 3 heteroatoms. The highest BCUT2D eigenvalue weighted by Gasteiger charge is 2.19. The fraction of sp³-hybridized carbons (Fsp3) is 0.562. The van der Waals surface area contributed by atoms with Crippen molar-refractivity contribution in [1.82, 2.24) is 4.90 Å². The highest BCUT2D eigenvalue weighted by Crippen LogP contribution is 2.21. The predicted octanol–water partition coefficient (Wildman–Crippen LogP) is 3.23. The molecule has 0 spiro atoms. The Hall–Kier alpha value is -1.35. The number of hydrogen-bond acceptors (Lipinski definition) is 3. The van der Waals surface area contributed by atoms with Crippen LogP contribution in [0.1, 0.15) is 48.9 Å². The molecule has 1 aliphatic rings. The third-order valence-electron chi connectivity index (χ3n) is 4.03. The number of carbonyl (C=O) groups excluding carboxylic acids is 1. The van der Waals surface area contributed by atoms with Crippen molar-refractivity contribution in [2.75, 3.05) is 13.6 Å². The Bertz CT molecular complexity index is 405. The van der Waals surface area contributed by atoms with Gasteiger partial charge in [0.25, 0.3) is 0 Å². The summed E-state index contributed by atoms with van der Waals surface area (Å²) in [5, 5.41) is 9.23. The number of phenols is 1. The second-order valence-corrected chi connectivity index (χ2v) is 5.53. The van der Waals surface area contributed by atoms with Gasteiger partial charge in [-0.05, 0) is 44.2 Å². The zero-order valence-corrected chi connectivity index (χ0v) is 11.6. The summed E-state index contributed by atoms with van der Waals surface area (Å²) in [7, 11) is 2.05. The molecule has 0 radical (unpaired) electrons. The van der Waals surface area contributed by atoms with Gasteiger partial charge in [-0.15, -0.1) is 0 Å². The predicted molar refractivity (Wildman–Crippen MR) is 76.6 cm³/mol. The van der Waals surface area contributed by atoms with Crippen molar-refractivity contribution in [2.24, 2.45) is 0 Å². The van der Waals surface area contributed by atoms with Gasteiger partial charge in [-0.25, -0.2) is 0 Å². The molecule has 104 valence electrons. The number of likely N-dealkylation sites (N-methyl/N-ethyl adjacent to an activating group) is 1. The summed E-state index contributed by atoms with van der Waals surface area (Å²) in [4.78, 5) is 14.4. The Morgan fingerprint density at radius 3 is 2.32 bits per heavy atom. The molecule has 3 nitrogen and oxygen atoms in total. The van der Waals surface area contributed by atoms with Gasteiger partial charge < -0.3 is 5.11 Å². The van der Waals surface area contributed by atoms with E-state index in [2.05, 4.69) is 4.90 Å². The molecule has 1 fully saturated rings. The Morgan fingerprint density at radius 1 is 1.16 bits per heavy atom. The maximum atomic E-state index is 12.2. The second kappa shape index (κ2) is 6.71. The van der Waals surface area contributed by atoms with Crippen molar-refractivity contribution in [3.05, 3.63) is 29.8 Å². The Balaban J connectivity index is 1.92. The SMILES string of the molecule is CN(CC(=O)c1ccc(O)cc1)C1CCCCCC1. The third-order valence-corrected chi connectivity index (χ3v) is 4.03. The van der Waals surface area contributed by atoms with Crippen molar-refractivity contribution in [3.63, 3.8) is 0 Å². The molecule has 19 heavy (non-hydrogen) atoms. The minimum Gasteiger partial charge on any atom is -0.508 e. The number of nitrogens with zero attached hydrogens (tertiary/aromatic N) is 1. The summed E-state index contributed by atoms with van der Waals surface area (Å²) >= 11 is 0. The van der Waals surface area contributed by atoms with Crippen LogP contribution in [0.2, 0.25) is 0 Å². The number of benzene rings is 1. The summed E-state index contributed by atoms with van der Waals surface area (Å²) in [5.74, 6) is 0.334. The highest BCUT2D eigenvalue weighted by molar-refractivity contribution is 5.97. The quantitative estimate of drug-likeness (QED) is 0.668. The molecule has 1 aromatic carbocycles. The molecule has 1 aromatic rings. The molecule has 0 heterocycles. The van der Waals surface area contributed by atoms with Gasteiger partial charge in [0.2, 0.25) is 0 Å². The van der Waals surface area contributed by atoms with E-state index in [0.29, 0.717) is 18.2 Å². The van der Waals surface area contributed by atoms with Gasteiger partial charge >= 0.3 is 0 Å². The van der Waals surface area contributed by atoms with Crippen LogP contribution in [-0.4, -0.2) is 35.4 Å². The lowest BCUT2D eigenvalue weighted by Crippen LogP contribution is -2.35. The van der Waals surface area contributed by atoms with Crippen LogP contribution in [0.3, 0.4) is 0 Å². The van der Waals surface area contributed by atoms with Crippen LogP contribution in [0.5, 0.6) is 5.75 Å². The summed E-state index contributed by atoms with van der Waals surface area (Å²) in [5.41, 5.74) is 0.679. The molecule has 0 amide bonds. The van der Waals surface area contributed by atoms with E-state index >= 15 is 0 Å². The van der Waals surface area contributed by atoms with Crippen molar-refractivity contribution in [1.29, 1.82) is 0 Å². The van der Waals surface area contributed by atoms with Crippen LogP contribution >= 0.6 is 0 Å². The van der Waals surface area contributed by atoms with E-state index in [9.17, 15) is 9.90 Å². The van der Waals surface area contributed by atoms with Crippen LogP contribution in [0, 0.1) is 0 Å². The lowest BCUT2D eigenvalue weighted by Gasteiger charge is -2.26. The molecule has 0 atom stereocenters. The Kier molecular flexibility index (Phi) is 4.97. The fourth-order valence-corrected chi connectivity index (χ4v) is 2.79. The number of rotatable bonds is 4. The maximum absolute atomic E-state index is 12.2. The second-order valence-electron chi connectivity index (χ2n) is 5.53. The zero-order valence-electron chi connectivity index (χ0n) is 11.6. The number of Topliss-reactive ketones (excluding diaryl/α,β-unsaturated/α-hetero) is 1. The van der Waals surface area contributed by atoms with Gasteiger partial charge in [-0.3, -0.25) is 9.69 Å². The number of hydrogen-bond donors (Lipinski definition) is 1. The summed E-state index contributed by atoms with van der Waals surface area (Å²) in [6.45, 7) is 0.468. The first-order chi connectivity index (χ1) is 9.16. The standard InChI is InChI=1S/C16H23NO2/c1-17(14-6-4-2-3-5-7-14)12-16(19)13-8-10-15(18)11-9-13/h8-11,14,18H,2-7,12H2,1H3. The first-order valence-electron chi connectivity index (χ1n) is 7.19. The number of carbonyl (C=O) groups is 1. The van der Waals surface area contributed by atoms with Crippen molar-refractivity contribution >= 4 is 5.78 Å². The Morgan fingerprint density at radius 2 is 1.74 bits per heavy atom. The first-order valence-corrected chi connectivity index (χ1v) is 7.19. The van der Waals surface area contributed by atoms with Crippen molar-refractivity contribution in [3.8, 4) is 5.75 Å². The lowest BCUT2D eigenvalue weighted by molar-refractivity contribution is 0.0912. The van der Waals surface area contributed by atoms with E-state index in [1.807, 2.05) is 7.05 Å². The van der Waals surface area contributed by atoms with Gasteiger partial charge in [0.05, 0.1) is 6.54 Å². The van der Waals surface area contributed by atoms with E-state index in [4.69, 9.17) is 0 Å². The average molecular weight is 261 g/mol. The molecule has 0 bridgehead atoms. The smallest absolute Gasteiger partial charge is 0.176 e. The molecule has 2 rings (SSSR count). The van der Waals surface area contributed by atoms with E-state index in [1.54, 1.807) is 24.3 Å². The van der Waals surface area contributed by atoms with Crippen LogP contribution in [-0.2, 0) is 0 Å². The zero-order chi connectivity index (χ0) is 13.7. The van der Waals surface area contributed by atoms with E-state index in [1.165, 1.54) is 38.5 Å². The molecule has 0 saturated heterocycles. The molecule has 0 aromatic heterocycles. The average Bonchev–Trinajstić information content (AvgIpc) is 2.68. The van der Waals surface area contributed by atoms with Crippen molar-refractivity contribution in [2.45, 2.75) is 44.6 Å². The highest BCUT2D eigenvalue weighted by atomic mass is 16.3. The normalized spacial score (nSPS) is 17.4. The summed E-state index contributed by atoms with van der Waals surface area (Å²) in [6, 6.07) is 7.07. The molecule has 1 saturated carbocycles. The fourth-order valence-electron chi connectivity index (χ4n) is 2.79. The molecular weight excluding hydrogens is 238 g/mol. The number of aromatic hydroxyl groups is 1. The monoisotopic (exact) mass is 261 g/mol. The molecule has 0 aliphatic heterocycles. The minimum atomic E-state index is 0.131. The summed E-state index contributed by atoms with van der Waals surface area (Å²) < 4.78 is 0. The van der Waals surface area contributed by atoms with Gasteiger partial charge in [0.1, 0.15) is 5.75 Å². The number of ketones is 1. The van der Waals surface area contributed by atoms with Gasteiger partial charge in [-0.2, -0.15) is 0 Å². The molecule has 0 unspecified atom stereocenters. The largest absolute Gasteiger partial charge is 0.508 e. The minimum absolute atomic E-state index is 0.131. The summed E-state index contributed by atoms with van der Waals surface area (Å²) in [6.07, 6.45) is 7.63. The molecule has 1 N–H and O–H groups in total. The third kappa shape index (κ3) is 4.06. The topological polar surface area (TPSA) is 40.5 Å². The van der Waals surface area contributed by atoms with E-state index in [-0.39, 0.29) is 11.5 Å². The van der Waals surface area contributed by atoms with Crippen LogP contribution in [0.4, 0.5) is 0 Å². The van der Waals surface area contributed by atoms with Crippen LogP contribution in [0.25, 0.3) is 0 Å². The van der Waals surface area contributed by atoms with E-state index in [0.717, 1.165) is 0 Å². The molecular formula is C16H23NO2. The van der Waals surface area contributed by atoms with Gasteiger partial charge in [0, 0.05) is 11.6 Å². The number of phenolic OH excluding ortho intramolecular Hbond substituents is 1. The maximum Gasteiger partial charge on any atom is 0.176 e. The van der Waals surface area contributed by atoms with Crippen LogP contribution in [0.15, 0.2) is 24.3 Å². The first kappa shape index (κ1) is 14.1. The molecule has 1 aliphatic carbocycles. The van der Waals surface area contributed by atoms with E-state index < -0.39 is 0 Å². The van der Waals surface area contributed by atoms with Gasteiger partial charge in [0.15, 0.2) is 5.78 Å². The van der Waals surface area contributed by atoms with Crippen molar-refractivity contribution < 1.29 is 9.90 Å².